The van der Waals surface area contributed by atoms with Crippen LogP contribution in [0.5, 0.6) is 0 Å². The lowest BCUT2D eigenvalue weighted by atomic mass is 10.0. The number of carboxylic acids is 1. The number of rotatable bonds is 6. The lowest BCUT2D eigenvalue weighted by molar-refractivity contribution is -0.173. The van der Waals surface area contributed by atoms with Gasteiger partial charge in [-0.15, -0.1) is 0 Å². The second-order valence-corrected chi connectivity index (χ2v) is 4.50. The van der Waals surface area contributed by atoms with Crippen LogP contribution in [0.3, 0.4) is 0 Å². The number of ether oxygens (including phenoxy) is 1. The molecule has 0 saturated heterocycles. The number of amides is 1. The molecule has 0 aromatic carbocycles. The van der Waals surface area contributed by atoms with Crippen LogP contribution in [0.15, 0.2) is 0 Å². The van der Waals surface area contributed by atoms with E-state index >= 15 is 0 Å². The number of aliphatic carboxylic acids is 1. The average molecular weight is 283 g/mol. The van der Waals surface area contributed by atoms with Crippen LogP contribution in [0.4, 0.5) is 13.2 Å². The lowest BCUT2D eigenvalue weighted by Crippen LogP contribution is -2.33. The number of carbonyl (C=O) groups excluding carboxylic acids is 1. The van der Waals surface area contributed by atoms with Crippen LogP contribution in [0, 0.1) is 11.8 Å². The van der Waals surface area contributed by atoms with Gasteiger partial charge in [0.1, 0.15) is 6.61 Å². The topological polar surface area (TPSA) is 75.6 Å². The molecule has 2 atom stereocenters. The summed E-state index contributed by atoms with van der Waals surface area (Å²) < 4.78 is 39.6. The Labute approximate surface area is 108 Å². The Hall–Kier alpha value is -1.31. The van der Waals surface area contributed by atoms with E-state index in [0.29, 0.717) is 12.8 Å². The van der Waals surface area contributed by atoms with Gasteiger partial charge in [-0.1, -0.05) is 0 Å². The maximum absolute atomic E-state index is 11.7. The average Bonchev–Trinajstić information content (AvgIpc) is 2.76. The van der Waals surface area contributed by atoms with Crippen molar-refractivity contribution in [2.75, 3.05) is 19.8 Å². The van der Waals surface area contributed by atoms with Gasteiger partial charge in [-0.3, -0.25) is 9.59 Å². The van der Waals surface area contributed by atoms with Crippen LogP contribution >= 0.6 is 0 Å². The van der Waals surface area contributed by atoms with Crippen LogP contribution < -0.4 is 5.32 Å². The van der Waals surface area contributed by atoms with Gasteiger partial charge in [-0.25, -0.2) is 0 Å². The van der Waals surface area contributed by atoms with E-state index in [1.165, 1.54) is 0 Å². The van der Waals surface area contributed by atoms with E-state index in [-0.39, 0.29) is 31.4 Å². The van der Waals surface area contributed by atoms with E-state index in [0.717, 1.165) is 0 Å². The Kier molecular flexibility index (Phi) is 5.59. The zero-order valence-corrected chi connectivity index (χ0v) is 10.2. The van der Waals surface area contributed by atoms with Crippen LogP contribution in [0.25, 0.3) is 0 Å². The molecule has 19 heavy (non-hydrogen) atoms. The van der Waals surface area contributed by atoms with Gasteiger partial charge < -0.3 is 15.2 Å². The molecule has 1 aliphatic rings. The maximum Gasteiger partial charge on any atom is 0.411 e. The molecular formula is C11H16F3NO4. The zero-order chi connectivity index (χ0) is 14.5. The van der Waals surface area contributed by atoms with Crippen molar-refractivity contribution in [1.29, 1.82) is 0 Å². The Bertz CT molecular complexity index is 332. The molecule has 8 heteroatoms. The fourth-order valence-electron chi connectivity index (χ4n) is 2.02. The maximum atomic E-state index is 11.7. The molecule has 0 unspecified atom stereocenters. The van der Waals surface area contributed by atoms with Gasteiger partial charge in [0.15, 0.2) is 0 Å². The molecular weight excluding hydrogens is 267 g/mol. The largest absolute Gasteiger partial charge is 0.481 e. The molecule has 0 aliphatic heterocycles. The monoisotopic (exact) mass is 283 g/mol. The van der Waals surface area contributed by atoms with Crippen LogP contribution in [0.2, 0.25) is 0 Å². The highest BCUT2D eigenvalue weighted by Crippen LogP contribution is 2.30. The van der Waals surface area contributed by atoms with Crippen molar-refractivity contribution in [2.24, 2.45) is 11.8 Å². The molecule has 110 valence electrons. The summed E-state index contributed by atoms with van der Waals surface area (Å²) in [5.74, 6) is -2.11. The first kappa shape index (κ1) is 15.7. The molecule has 0 radical (unpaired) electrons. The van der Waals surface area contributed by atoms with Crippen molar-refractivity contribution in [3.63, 3.8) is 0 Å². The summed E-state index contributed by atoms with van der Waals surface area (Å²) in [6.45, 7) is -1.57. The number of hydrogen-bond acceptors (Lipinski definition) is 3. The minimum Gasteiger partial charge on any atom is -0.481 e. The summed E-state index contributed by atoms with van der Waals surface area (Å²) in [6, 6.07) is 0. The van der Waals surface area contributed by atoms with Gasteiger partial charge in [-0.05, 0) is 19.3 Å². The molecule has 0 heterocycles. The number of hydrogen-bond donors (Lipinski definition) is 2. The molecule has 5 nitrogen and oxygen atoms in total. The molecule has 0 aromatic rings. The van der Waals surface area contributed by atoms with E-state index in [4.69, 9.17) is 5.11 Å². The molecule has 0 bridgehead atoms. The summed E-state index contributed by atoms with van der Waals surface area (Å²) in [6.07, 6.45) is -3.14. The van der Waals surface area contributed by atoms with E-state index < -0.39 is 24.7 Å². The summed E-state index contributed by atoms with van der Waals surface area (Å²) >= 11 is 0. The van der Waals surface area contributed by atoms with Crippen LogP contribution in [-0.2, 0) is 14.3 Å². The van der Waals surface area contributed by atoms with E-state index in [9.17, 15) is 22.8 Å². The van der Waals surface area contributed by atoms with Crippen molar-refractivity contribution in [3.8, 4) is 0 Å². The summed E-state index contributed by atoms with van der Waals surface area (Å²) in [4.78, 5) is 22.3. The first-order valence-electron chi connectivity index (χ1n) is 5.94. The predicted octanol–water partition coefficient (Wildman–Crippen LogP) is 1.18. The minimum absolute atomic E-state index is 0.0108. The number of carboxylic acid groups (broad SMARTS) is 1. The van der Waals surface area contributed by atoms with Gasteiger partial charge in [0, 0.05) is 12.5 Å². The highest BCUT2D eigenvalue weighted by molar-refractivity contribution is 5.80. The third-order valence-electron chi connectivity index (χ3n) is 2.96. The van der Waals surface area contributed by atoms with Crippen molar-refractivity contribution < 1.29 is 32.6 Å². The normalized spacial score (nSPS) is 23.3. The first-order chi connectivity index (χ1) is 8.79. The highest BCUT2D eigenvalue weighted by atomic mass is 19.4. The van der Waals surface area contributed by atoms with Gasteiger partial charge in [-0.2, -0.15) is 13.2 Å². The fraction of sp³-hybridized carbons (Fsp3) is 0.818. The Morgan fingerprint density at radius 3 is 2.42 bits per heavy atom. The van der Waals surface area contributed by atoms with Crippen molar-refractivity contribution in [1.82, 2.24) is 5.32 Å². The standard InChI is InChI=1S/C11H16F3NO4/c12-11(13,14)6-19-4-3-15-9(16)7-1-2-8(5-7)10(17)18/h7-8H,1-6H2,(H,15,16)(H,17,18)/t7-,8+/m1/s1. The van der Waals surface area contributed by atoms with Gasteiger partial charge in [0.05, 0.1) is 12.5 Å². The fourth-order valence-corrected chi connectivity index (χ4v) is 2.02. The van der Waals surface area contributed by atoms with Gasteiger partial charge >= 0.3 is 12.1 Å². The molecule has 2 N–H and O–H groups in total. The molecule has 1 rings (SSSR count). The van der Waals surface area contributed by atoms with Gasteiger partial charge in [0.25, 0.3) is 0 Å². The van der Waals surface area contributed by atoms with Crippen LogP contribution in [-0.4, -0.2) is 42.9 Å². The minimum atomic E-state index is -4.37. The van der Waals surface area contributed by atoms with E-state index in [1.54, 1.807) is 0 Å². The first-order valence-corrected chi connectivity index (χ1v) is 5.94. The van der Waals surface area contributed by atoms with Crippen molar-refractivity contribution in [2.45, 2.75) is 25.4 Å². The van der Waals surface area contributed by atoms with Crippen molar-refractivity contribution >= 4 is 11.9 Å². The summed E-state index contributed by atoms with van der Waals surface area (Å²) in [5, 5.41) is 11.2. The van der Waals surface area contributed by atoms with Crippen LogP contribution in [0.1, 0.15) is 19.3 Å². The molecule has 1 fully saturated rings. The summed E-state index contributed by atoms with van der Waals surface area (Å²) in [7, 11) is 0. The Morgan fingerprint density at radius 2 is 1.89 bits per heavy atom. The number of carbonyl (C=O) groups is 2. The van der Waals surface area contributed by atoms with Crippen molar-refractivity contribution in [3.05, 3.63) is 0 Å². The second kappa shape index (κ2) is 6.74. The Balaban J connectivity index is 2.14. The zero-order valence-electron chi connectivity index (χ0n) is 10.2. The SMILES string of the molecule is O=C(O)[C@H]1CC[C@@H](C(=O)NCCOCC(F)(F)F)C1. The third-order valence-corrected chi connectivity index (χ3v) is 2.96. The predicted molar refractivity (Wildman–Crippen MR) is 58.4 cm³/mol. The number of alkyl halides is 3. The molecule has 0 aromatic heterocycles. The highest BCUT2D eigenvalue weighted by Gasteiger charge is 2.33. The molecule has 1 aliphatic carbocycles. The smallest absolute Gasteiger partial charge is 0.411 e. The molecule has 0 spiro atoms. The summed E-state index contributed by atoms with van der Waals surface area (Å²) in [5.41, 5.74) is 0. The Morgan fingerprint density at radius 1 is 1.26 bits per heavy atom. The number of halogens is 3. The molecule has 1 saturated carbocycles. The van der Waals surface area contributed by atoms with E-state index in [1.807, 2.05) is 0 Å². The quantitative estimate of drug-likeness (QED) is 0.718. The number of nitrogens with one attached hydrogen (secondary N) is 1. The lowest BCUT2D eigenvalue weighted by Gasteiger charge is -2.11. The van der Waals surface area contributed by atoms with Gasteiger partial charge in [0.2, 0.25) is 5.91 Å². The second-order valence-electron chi connectivity index (χ2n) is 4.50. The molecule has 1 amide bonds. The van der Waals surface area contributed by atoms with E-state index in [2.05, 4.69) is 10.1 Å². The third kappa shape index (κ3) is 5.91.